The molecule has 1 fully saturated rings. The van der Waals surface area contributed by atoms with E-state index >= 15 is 0 Å². The summed E-state index contributed by atoms with van der Waals surface area (Å²) >= 11 is 9.48. The van der Waals surface area contributed by atoms with E-state index in [1.165, 1.54) is 0 Å². The Hall–Kier alpha value is -0.580. The summed E-state index contributed by atoms with van der Waals surface area (Å²) in [4.78, 5) is 14.8. The second-order valence-electron chi connectivity index (χ2n) is 5.10. The molecule has 0 aromatic heterocycles. The Bertz CT molecular complexity index is 475. The molecule has 1 amide bonds. The number of halogens is 2. The molecule has 2 rings (SSSR count). The van der Waals surface area contributed by atoms with Gasteiger partial charge >= 0.3 is 0 Å². The van der Waals surface area contributed by atoms with E-state index in [4.69, 9.17) is 11.6 Å². The minimum Gasteiger partial charge on any atom is -0.336 e. The van der Waals surface area contributed by atoms with Gasteiger partial charge in [-0.1, -0.05) is 18.5 Å². The number of hydrogen-bond acceptors (Lipinski definition) is 2. The monoisotopic (exact) mass is 358 g/mol. The number of benzene rings is 1. The quantitative estimate of drug-likeness (QED) is 0.889. The van der Waals surface area contributed by atoms with Crippen LogP contribution in [0.25, 0.3) is 0 Å². The van der Waals surface area contributed by atoms with Gasteiger partial charge in [0.1, 0.15) is 0 Å². The highest BCUT2D eigenvalue weighted by Crippen LogP contribution is 2.25. The van der Waals surface area contributed by atoms with Crippen molar-refractivity contribution in [3.8, 4) is 0 Å². The standard InChI is InChI=1S/C15H20BrClN2O/c1-2-9-19(12-5-7-18-8-6-12)15(20)13-10-11(17)3-4-14(13)16/h3-4,10,12,18H,2,5-9H2,1H3. The van der Waals surface area contributed by atoms with Gasteiger partial charge < -0.3 is 10.2 Å². The van der Waals surface area contributed by atoms with E-state index in [9.17, 15) is 4.79 Å². The molecular formula is C15H20BrClN2O. The third-order valence-electron chi connectivity index (χ3n) is 3.63. The molecule has 0 aliphatic carbocycles. The molecule has 0 bridgehead atoms. The summed E-state index contributed by atoms with van der Waals surface area (Å²) in [6, 6.07) is 5.70. The predicted molar refractivity (Wildman–Crippen MR) is 86.4 cm³/mol. The molecule has 110 valence electrons. The largest absolute Gasteiger partial charge is 0.336 e. The number of amides is 1. The molecule has 1 aromatic rings. The molecule has 1 aliphatic heterocycles. The summed E-state index contributed by atoms with van der Waals surface area (Å²) < 4.78 is 0.807. The molecule has 1 aliphatic rings. The topological polar surface area (TPSA) is 32.3 Å². The fourth-order valence-corrected chi connectivity index (χ4v) is 3.21. The maximum atomic E-state index is 12.8. The van der Waals surface area contributed by atoms with Gasteiger partial charge in [0.25, 0.3) is 5.91 Å². The van der Waals surface area contributed by atoms with E-state index in [0.717, 1.165) is 43.4 Å². The first-order valence-corrected chi connectivity index (χ1v) is 8.27. The van der Waals surface area contributed by atoms with Crippen molar-refractivity contribution < 1.29 is 4.79 Å². The van der Waals surface area contributed by atoms with Gasteiger partial charge in [0, 0.05) is 22.1 Å². The molecule has 1 heterocycles. The SMILES string of the molecule is CCCN(C(=O)c1cc(Cl)ccc1Br)C1CCNCC1. The van der Waals surface area contributed by atoms with Crippen LogP contribution in [0.15, 0.2) is 22.7 Å². The van der Waals surface area contributed by atoms with Gasteiger partial charge in [0.05, 0.1) is 5.56 Å². The maximum Gasteiger partial charge on any atom is 0.255 e. The average Bonchev–Trinajstić information content (AvgIpc) is 2.47. The maximum absolute atomic E-state index is 12.8. The van der Waals surface area contributed by atoms with Crippen LogP contribution < -0.4 is 5.32 Å². The molecule has 20 heavy (non-hydrogen) atoms. The fourth-order valence-electron chi connectivity index (χ4n) is 2.63. The summed E-state index contributed by atoms with van der Waals surface area (Å²) in [5, 5.41) is 3.94. The molecule has 1 saturated heterocycles. The van der Waals surface area contributed by atoms with Crippen LogP contribution in [-0.4, -0.2) is 36.5 Å². The zero-order valence-electron chi connectivity index (χ0n) is 11.7. The second-order valence-corrected chi connectivity index (χ2v) is 6.39. The second kappa shape index (κ2) is 7.43. The van der Waals surface area contributed by atoms with Gasteiger partial charge in [-0.15, -0.1) is 0 Å². The van der Waals surface area contributed by atoms with Gasteiger partial charge in [-0.25, -0.2) is 0 Å². The van der Waals surface area contributed by atoms with Crippen molar-refractivity contribution in [3.63, 3.8) is 0 Å². The molecule has 0 radical (unpaired) electrons. The van der Waals surface area contributed by atoms with Crippen LogP contribution in [0.2, 0.25) is 5.02 Å². The van der Waals surface area contributed by atoms with Crippen molar-refractivity contribution in [1.82, 2.24) is 10.2 Å². The van der Waals surface area contributed by atoms with Gasteiger partial charge in [0.15, 0.2) is 0 Å². The Morgan fingerprint density at radius 3 is 2.80 bits per heavy atom. The lowest BCUT2D eigenvalue weighted by molar-refractivity contribution is 0.0641. The highest BCUT2D eigenvalue weighted by atomic mass is 79.9. The minimum atomic E-state index is 0.0770. The summed E-state index contributed by atoms with van der Waals surface area (Å²) in [6.07, 6.45) is 3.00. The average molecular weight is 360 g/mol. The number of rotatable bonds is 4. The molecule has 0 saturated carbocycles. The van der Waals surface area contributed by atoms with Crippen LogP contribution in [0, 0.1) is 0 Å². The van der Waals surface area contributed by atoms with Crippen molar-refractivity contribution in [3.05, 3.63) is 33.3 Å². The Kier molecular flexibility index (Phi) is 5.87. The van der Waals surface area contributed by atoms with Crippen LogP contribution >= 0.6 is 27.5 Å². The van der Waals surface area contributed by atoms with Gasteiger partial charge in [-0.2, -0.15) is 0 Å². The van der Waals surface area contributed by atoms with Crippen LogP contribution in [0.1, 0.15) is 36.5 Å². The predicted octanol–water partition coefficient (Wildman–Crippen LogP) is 3.71. The molecule has 0 atom stereocenters. The van der Waals surface area contributed by atoms with Gasteiger partial charge in [0.2, 0.25) is 0 Å². The zero-order chi connectivity index (χ0) is 14.5. The highest BCUT2D eigenvalue weighted by molar-refractivity contribution is 9.10. The zero-order valence-corrected chi connectivity index (χ0v) is 14.0. The smallest absolute Gasteiger partial charge is 0.255 e. The number of nitrogens with zero attached hydrogens (tertiary/aromatic N) is 1. The van der Waals surface area contributed by atoms with Crippen LogP contribution in [0.4, 0.5) is 0 Å². The molecule has 0 spiro atoms. The third-order valence-corrected chi connectivity index (χ3v) is 4.56. The van der Waals surface area contributed by atoms with Crippen LogP contribution in [-0.2, 0) is 0 Å². The molecule has 5 heteroatoms. The fraction of sp³-hybridized carbons (Fsp3) is 0.533. The summed E-state index contributed by atoms with van der Waals surface area (Å²) in [7, 11) is 0. The summed E-state index contributed by atoms with van der Waals surface area (Å²) in [5.41, 5.74) is 0.657. The van der Waals surface area contributed by atoms with E-state index in [2.05, 4.69) is 28.2 Å². The molecule has 0 unspecified atom stereocenters. The van der Waals surface area contributed by atoms with Crippen molar-refractivity contribution in [2.45, 2.75) is 32.2 Å². The van der Waals surface area contributed by atoms with Crippen molar-refractivity contribution in [1.29, 1.82) is 0 Å². The number of hydrogen-bond donors (Lipinski definition) is 1. The number of carbonyl (C=O) groups is 1. The van der Waals surface area contributed by atoms with E-state index in [-0.39, 0.29) is 5.91 Å². The Labute approximate surface area is 133 Å². The number of nitrogens with one attached hydrogen (secondary N) is 1. The lowest BCUT2D eigenvalue weighted by Gasteiger charge is -2.35. The van der Waals surface area contributed by atoms with Gasteiger partial charge in [-0.05, 0) is 66.5 Å². The first-order valence-electron chi connectivity index (χ1n) is 7.10. The van der Waals surface area contributed by atoms with Crippen LogP contribution in [0.3, 0.4) is 0 Å². The lowest BCUT2D eigenvalue weighted by Crippen LogP contribution is -2.46. The van der Waals surface area contributed by atoms with E-state index in [1.807, 2.05) is 11.0 Å². The lowest BCUT2D eigenvalue weighted by atomic mass is 10.0. The highest BCUT2D eigenvalue weighted by Gasteiger charge is 2.26. The third kappa shape index (κ3) is 3.74. The Balaban J connectivity index is 2.23. The van der Waals surface area contributed by atoms with Crippen molar-refractivity contribution >= 4 is 33.4 Å². The minimum absolute atomic E-state index is 0.0770. The van der Waals surface area contributed by atoms with E-state index in [0.29, 0.717) is 16.6 Å². The van der Waals surface area contributed by atoms with Gasteiger partial charge in [-0.3, -0.25) is 4.79 Å². The molecule has 1 N–H and O–H groups in total. The van der Waals surface area contributed by atoms with E-state index in [1.54, 1.807) is 12.1 Å². The Morgan fingerprint density at radius 1 is 1.45 bits per heavy atom. The van der Waals surface area contributed by atoms with Crippen LogP contribution in [0.5, 0.6) is 0 Å². The van der Waals surface area contributed by atoms with Crippen molar-refractivity contribution in [2.75, 3.05) is 19.6 Å². The number of piperidine rings is 1. The molecule has 1 aromatic carbocycles. The summed E-state index contributed by atoms with van der Waals surface area (Å²) in [6.45, 7) is 4.86. The van der Waals surface area contributed by atoms with Crippen molar-refractivity contribution in [2.24, 2.45) is 0 Å². The first kappa shape index (κ1) is 15.8. The summed E-state index contributed by atoms with van der Waals surface area (Å²) in [5.74, 6) is 0.0770. The molecule has 3 nitrogen and oxygen atoms in total. The Morgan fingerprint density at radius 2 is 2.15 bits per heavy atom. The first-order chi connectivity index (χ1) is 9.63. The number of carbonyl (C=O) groups excluding carboxylic acids is 1. The normalized spacial score (nSPS) is 16.1. The molecular weight excluding hydrogens is 340 g/mol. The van der Waals surface area contributed by atoms with E-state index < -0.39 is 0 Å².